The summed E-state index contributed by atoms with van der Waals surface area (Å²) in [6, 6.07) is 11.8. The van der Waals surface area contributed by atoms with Crippen molar-refractivity contribution in [2.75, 3.05) is 5.32 Å². The first-order valence-electron chi connectivity index (χ1n) is 6.16. The maximum atomic E-state index is 12.1. The van der Waals surface area contributed by atoms with E-state index in [1.807, 2.05) is 0 Å². The molecule has 104 valence electrons. The van der Waals surface area contributed by atoms with Crippen molar-refractivity contribution in [3.8, 4) is 11.5 Å². The van der Waals surface area contributed by atoms with Gasteiger partial charge in [-0.15, -0.1) is 0 Å². The molecular formula is C15H10ClN3O2. The molecule has 0 aliphatic carbocycles. The van der Waals surface area contributed by atoms with E-state index in [0.29, 0.717) is 22.0 Å². The zero-order chi connectivity index (χ0) is 14.7. The molecule has 0 fully saturated rings. The van der Waals surface area contributed by atoms with Gasteiger partial charge in [0, 0.05) is 16.8 Å². The summed E-state index contributed by atoms with van der Waals surface area (Å²) in [6.45, 7) is 0. The van der Waals surface area contributed by atoms with Crippen LogP contribution in [0.4, 0.5) is 5.95 Å². The number of rotatable bonds is 3. The maximum absolute atomic E-state index is 12.1. The molecule has 6 heteroatoms. The average Bonchev–Trinajstić information content (AvgIpc) is 3.02. The topological polar surface area (TPSA) is 68.0 Å². The van der Waals surface area contributed by atoms with Gasteiger partial charge >= 0.3 is 0 Å². The van der Waals surface area contributed by atoms with Crippen LogP contribution in [0.3, 0.4) is 0 Å². The van der Waals surface area contributed by atoms with Crippen molar-refractivity contribution in [3.63, 3.8) is 0 Å². The number of amides is 1. The van der Waals surface area contributed by atoms with Crippen LogP contribution in [-0.2, 0) is 0 Å². The number of carbonyl (C=O) groups excluding carboxylic acids is 1. The Kier molecular flexibility index (Phi) is 3.66. The molecule has 0 unspecified atom stereocenters. The predicted octanol–water partition coefficient (Wildman–Crippen LogP) is 3.64. The maximum Gasteiger partial charge on any atom is 0.258 e. The molecule has 0 aliphatic rings. The van der Waals surface area contributed by atoms with Gasteiger partial charge in [0.2, 0.25) is 5.95 Å². The van der Waals surface area contributed by atoms with Crippen molar-refractivity contribution in [2.45, 2.75) is 0 Å². The van der Waals surface area contributed by atoms with Crippen molar-refractivity contribution in [3.05, 3.63) is 65.5 Å². The number of hydrogen-bond acceptors (Lipinski definition) is 4. The van der Waals surface area contributed by atoms with E-state index in [0.717, 1.165) is 0 Å². The third kappa shape index (κ3) is 3.09. The Labute approximate surface area is 125 Å². The van der Waals surface area contributed by atoms with Gasteiger partial charge in [-0.2, -0.15) is 0 Å². The SMILES string of the molecule is O=C(Nc1nccc(-c2ccco2)n1)c1ccc(Cl)cc1. The van der Waals surface area contributed by atoms with Crippen molar-refractivity contribution in [1.29, 1.82) is 0 Å². The Morgan fingerprint density at radius 3 is 2.67 bits per heavy atom. The molecule has 1 aromatic carbocycles. The van der Waals surface area contributed by atoms with E-state index in [9.17, 15) is 4.79 Å². The summed E-state index contributed by atoms with van der Waals surface area (Å²) >= 11 is 5.79. The van der Waals surface area contributed by atoms with Gasteiger partial charge in [0.15, 0.2) is 5.76 Å². The number of nitrogens with zero attached hydrogens (tertiary/aromatic N) is 2. The number of benzene rings is 1. The summed E-state index contributed by atoms with van der Waals surface area (Å²) in [5, 5.41) is 3.21. The number of halogens is 1. The minimum absolute atomic E-state index is 0.212. The van der Waals surface area contributed by atoms with E-state index >= 15 is 0 Å². The lowest BCUT2D eigenvalue weighted by atomic mass is 10.2. The molecular weight excluding hydrogens is 290 g/mol. The largest absolute Gasteiger partial charge is 0.463 e. The fourth-order valence-electron chi connectivity index (χ4n) is 1.76. The van der Waals surface area contributed by atoms with Crippen molar-refractivity contribution in [1.82, 2.24) is 9.97 Å². The smallest absolute Gasteiger partial charge is 0.258 e. The molecule has 0 aliphatic heterocycles. The highest BCUT2D eigenvalue weighted by atomic mass is 35.5. The van der Waals surface area contributed by atoms with Crippen molar-refractivity contribution in [2.24, 2.45) is 0 Å². The predicted molar refractivity (Wildman–Crippen MR) is 79.1 cm³/mol. The van der Waals surface area contributed by atoms with E-state index in [1.54, 1.807) is 54.9 Å². The third-order valence-corrected chi connectivity index (χ3v) is 3.01. The quantitative estimate of drug-likeness (QED) is 0.801. The number of furan rings is 1. The Morgan fingerprint density at radius 2 is 1.95 bits per heavy atom. The first kappa shape index (κ1) is 13.3. The van der Waals surface area contributed by atoms with Gasteiger partial charge in [0.1, 0.15) is 5.69 Å². The molecule has 0 bridgehead atoms. The van der Waals surface area contributed by atoms with Crippen LogP contribution in [0.15, 0.2) is 59.3 Å². The number of hydrogen-bond donors (Lipinski definition) is 1. The van der Waals surface area contributed by atoms with E-state index in [2.05, 4.69) is 15.3 Å². The molecule has 2 heterocycles. The van der Waals surface area contributed by atoms with Gasteiger partial charge in [0.05, 0.1) is 6.26 Å². The zero-order valence-corrected chi connectivity index (χ0v) is 11.5. The van der Waals surface area contributed by atoms with Gasteiger partial charge in [-0.1, -0.05) is 11.6 Å². The van der Waals surface area contributed by atoms with Crippen LogP contribution < -0.4 is 5.32 Å². The molecule has 0 spiro atoms. The molecule has 1 amide bonds. The van der Waals surface area contributed by atoms with Crippen LogP contribution in [0.25, 0.3) is 11.5 Å². The number of carbonyl (C=O) groups is 1. The molecule has 0 saturated heterocycles. The summed E-state index contributed by atoms with van der Waals surface area (Å²) in [4.78, 5) is 20.3. The molecule has 0 radical (unpaired) electrons. The van der Waals surface area contributed by atoms with Crippen molar-refractivity contribution < 1.29 is 9.21 Å². The summed E-state index contributed by atoms with van der Waals surface area (Å²) < 4.78 is 5.26. The summed E-state index contributed by atoms with van der Waals surface area (Å²) in [5.41, 5.74) is 1.08. The van der Waals surface area contributed by atoms with E-state index in [1.165, 1.54) is 0 Å². The first-order valence-corrected chi connectivity index (χ1v) is 6.54. The Hall–Kier alpha value is -2.66. The molecule has 21 heavy (non-hydrogen) atoms. The highest BCUT2D eigenvalue weighted by molar-refractivity contribution is 6.30. The summed E-state index contributed by atoms with van der Waals surface area (Å²) in [6.07, 6.45) is 3.12. The second-order valence-corrected chi connectivity index (χ2v) is 4.64. The minimum Gasteiger partial charge on any atom is -0.463 e. The fraction of sp³-hybridized carbons (Fsp3) is 0. The lowest BCUT2D eigenvalue weighted by Gasteiger charge is -2.04. The minimum atomic E-state index is -0.303. The van der Waals surface area contributed by atoms with Gasteiger partial charge in [-0.05, 0) is 42.5 Å². The lowest BCUT2D eigenvalue weighted by molar-refractivity contribution is 0.102. The summed E-state index contributed by atoms with van der Waals surface area (Å²) in [7, 11) is 0. The number of anilines is 1. The van der Waals surface area contributed by atoms with E-state index in [4.69, 9.17) is 16.0 Å². The summed E-state index contributed by atoms with van der Waals surface area (Å²) in [5.74, 6) is 0.520. The van der Waals surface area contributed by atoms with Crippen LogP contribution in [0.2, 0.25) is 5.02 Å². The molecule has 3 aromatic rings. The average molecular weight is 300 g/mol. The van der Waals surface area contributed by atoms with E-state index in [-0.39, 0.29) is 11.9 Å². The second kappa shape index (κ2) is 5.76. The zero-order valence-electron chi connectivity index (χ0n) is 10.8. The van der Waals surface area contributed by atoms with Crippen molar-refractivity contribution >= 4 is 23.5 Å². The highest BCUT2D eigenvalue weighted by Gasteiger charge is 2.09. The second-order valence-electron chi connectivity index (χ2n) is 4.20. The van der Waals surface area contributed by atoms with Gasteiger partial charge in [0.25, 0.3) is 5.91 Å². The van der Waals surface area contributed by atoms with Gasteiger partial charge in [-0.25, -0.2) is 9.97 Å². The standard InChI is InChI=1S/C15H10ClN3O2/c16-11-5-3-10(4-6-11)14(20)19-15-17-8-7-12(18-15)13-2-1-9-21-13/h1-9H,(H,17,18,19,20). The van der Waals surface area contributed by atoms with Gasteiger partial charge < -0.3 is 4.42 Å². The fourth-order valence-corrected chi connectivity index (χ4v) is 1.88. The normalized spacial score (nSPS) is 10.3. The number of nitrogens with one attached hydrogen (secondary N) is 1. The Morgan fingerprint density at radius 1 is 1.14 bits per heavy atom. The Bertz CT molecular complexity index is 755. The lowest BCUT2D eigenvalue weighted by Crippen LogP contribution is -2.14. The number of aromatic nitrogens is 2. The molecule has 1 N–H and O–H groups in total. The molecule has 5 nitrogen and oxygen atoms in total. The highest BCUT2D eigenvalue weighted by Crippen LogP contribution is 2.18. The Balaban J connectivity index is 1.80. The molecule has 2 aromatic heterocycles. The van der Waals surface area contributed by atoms with Crippen LogP contribution in [0.5, 0.6) is 0 Å². The van der Waals surface area contributed by atoms with Crippen LogP contribution in [-0.4, -0.2) is 15.9 Å². The van der Waals surface area contributed by atoms with Crippen LogP contribution >= 0.6 is 11.6 Å². The molecule has 0 atom stereocenters. The van der Waals surface area contributed by atoms with Crippen LogP contribution in [0.1, 0.15) is 10.4 Å². The molecule has 0 saturated carbocycles. The third-order valence-electron chi connectivity index (χ3n) is 2.76. The first-order chi connectivity index (χ1) is 10.2. The van der Waals surface area contributed by atoms with Crippen LogP contribution in [0, 0.1) is 0 Å². The monoisotopic (exact) mass is 299 g/mol. The van der Waals surface area contributed by atoms with E-state index < -0.39 is 0 Å². The molecule has 3 rings (SSSR count). The van der Waals surface area contributed by atoms with Gasteiger partial charge in [-0.3, -0.25) is 10.1 Å².